The minimum absolute atomic E-state index is 0.0575. The van der Waals surface area contributed by atoms with Crippen LogP contribution in [0.4, 0.5) is 0 Å². The Morgan fingerprint density at radius 2 is 1.54 bits per heavy atom. The van der Waals surface area contributed by atoms with Gasteiger partial charge in [0.25, 0.3) is 5.91 Å². The van der Waals surface area contributed by atoms with E-state index >= 15 is 0 Å². The van der Waals surface area contributed by atoms with Crippen LogP contribution in [-0.2, 0) is 16.6 Å². The summed E-state index contributed by atoms with van der Waals surface area (Å²) in [7, 11) is -3.52. The smallest absolute Gasteiger partial charge is 0.253 e. The molecular weight excluding hydrogens is 512 g/mol. The third-order valence-corrected chi connectivity index (χ3v) is 10.5. The van der Waals surface area contributed by atoms with E-state index in [0.29, 0.717) is 66.1 Å². The van der Waals surface area contributed by atoms with Gasteiger partial charge in [0.15, 0.2) is 5.58 Å². The normalized spacial score (nSPS) is 20.5. The van der Waals surface area contributed by atoms with Crippen LogP contribution in [0.2, 0.25) is 0 Å². The first-order chi connectivity index (χ1) is 19.0. The lowest BCUT2D eigenvalue weighted by Gasteiger charge is -2.33. The van der Waals surface area contributed by atoms with E-state index in [2.05, 4.69) is 9.88 Å². The maximum atomic E-state index is 13.3. The molecule has 2 aliphatic heterocycles. The number of fused-ring (bicyclic) bond motifs is 1. The van der Waals surface area contributed by atoms with Gasteiger partial charge in [-0.2, -0.15) is 4.31 Å². The van der Waals surface area contributed by atoms with E-state index < -0.39 is 10.0 Å². The topological polar surface area (TPSA) is 87.0 Å². The number of hydrogen-bond acceptors (Lipinski definition) is 6. The predicted molar refractivity (Wildman–Crippen MR) is 150 cm³/mol. The molecule has 2 saturated heterocycles. The third kappa shape index (κ3) is 5.76. The van der Waals surface area contributed by atoms with Crippen molar-refractivity contribution in [1.29, 1.82) is 0 Å². The molecule has 6 rings (SSSR count). The second kappa shape index (κ2) is 11.4. The molecular formula is C30H38N4O4S. The highest BCUT2D eigenvalue weighted by Crippen LogP contribution is 2.33. The Labute approximate surface area is 231 Å². The van der Waals surface area contributed by atoms with E-state index in [1.165, 1.54) is 44.1 Å². The SMILES string of the molecule is O=C(c1ccc2oc(CN3CCN(S(=O)(=O)c4ccc(C5CCCCC5)cc4)CC3)nc2c1)N1CCCCC1. The number of carbonyl (C=O) groups excluding carboxylic acids is 1. The van der Waals surface area contributed by atoms with Crippen molar-refractivity contribution >= 4 is 27.0 Å². The standard InChI is InChI=1S/C30H38N4O4S/c35-30(33-15-5-2-6-16-33)25-11-14-28-27(21-25)31-29(38-28)22-32-17-19-34(20-18-32)39(36,37)26-12-9-24(10-13-26)23-7-3-1-4-8-23/h9-14,21,23H,1-8,15-20,22H2. The van der Waals surface area contributed by atoms with Crippen molar-refractivity contribution < 1.29 is 17.6 Å². The van der Waals surface area contributed by atoms with Crippen LogP contribution in [0.5, 0.6) is 0 Å². The van der Waals surface area contributed by atoms with Gasteiger partial charge in [-0.1, -0.05) is 31.4 Å². The Morgan fingerprint density at radius 1 is 0.846 bits per heavy atom. The molecule has 3 heterocycles. The summed E-state index contributed by atoms with van der Waals surface area (Å²) < 4.78 is 34.2. The number of likely N-dealkylation sites (tertiary alicyclic amines) is 1. The summed E-state index contributed by atoms with van der Waals surface area (Å²) >= 11 is 0. The summed E-state index contributed by atoms with van der Waals surface area (Å²) in [6.45, 7) is 4.22. The van der Waals surface area contributed by atoms with Gasteiger partial charge in [-0.15, -0.1) is 0 Å². The Hall–Kier alpha value is -2.75. The molecule has 1 amide bonds. The number of amides is 1. The number of hydrogen-bond donors (Lipinski definition) is 0. The lowest BCUT2D eigenvalue weighted by Crippen LogP contribution is -2.48. The Kier molecular flexibility index (Phi) is 7.73. The summed E-state index contributed by atoms with van der Waals surface area (Å²) in [6, 6.07) is 13.1. The molecule has 0 unspecified atom stereocenters. The first-order valence-corrected chi connectivity index (χ1v) is 15.9. The fourth-order valence-corrected chi connectivity index (χ4v) is 7.69. The molecule has 1 saturated carbocycles. The van der Waals surface area contributed by atoms with Crippen molar-refractivity contribution in [2.24, 2.45) is 0 Å². The van der Waals surface area contributed by atoms with Gasteiger partial charge >= 0.3 is 0 Å². The van der Waals surface area contributed by atoms with Crippen LogP contribution in [0.3, 0.4) is 0 Å². The van der Waals surface area contributed by atoms with E-state index in [0.717, 1.165) is 25.9 Å². The van der Waals surface area contributed by atoms with Crippen molar-refractivity contribution in [2.45, 2.75) is 68.7 Å². The van der Waals surface area contributed by atoms with Gasteiger partial charge in [0, 0.05) is 44.8 Å². The third-order valence-electron chi connectivity index (χ3n) is 8.61. The molecule has 3 aliphatic rings. The highest BCUT2D eigenvalue weighted by atomic mass is 32.2. The lowest BCUT2D eigenvalue weighted by molar-refractivity contribution is 0.0724. The lowest BCUT2D eigenvalue weighted by atomic mass is 9.84. The van der Waals surface area contributed by atoms with Crippen molar-refractivity contribution in [2.75, 3.05) is 39.3 Å². The number of rotatable bonds is 6. The van der Waals surface area contributed by atoms with Crippen LogP contribution < -0.4 is 0 Å². The Balaban J connectivity index is 1.06. The molecule has 39 heavy (non-hydrogen) atoms. The highest BCUT2D eigenvalue weighted by molar-refractivity contribution is 7.89. The molecule has 0 atom stereocenters. The number of oxazole rings is 1. The molecule has 0 N–H and O–H groups in total. The molecule has 8 nitrogen and oxygen atoms in total. The van der Waals surface area contributed by atoms with Crippen molar-refractivity contribution in [3.05, 3.63) is 59.5 Å². The molecule has 1 aromatic heterocycles. The first kappa shape index (κ1) is 26.5. The summed E-state index contributed by atoms with van der Waals surface area (Å²) in [5, 5.41) is 0. The minimum atomic E-state index is -3.52. The van der Waals surface area contributed by atoms with Crippen LogP contribution in [0, 0.1) is 0 Å². The van der Waals surface area contributed by atoms with Gasteiger partial charge < -0.3 is 9.32 Å². The first-order valence-electron chi connectivity index (χ1n) is 14.5. The van der Waals surface area contributed by atoms with E-state index in [4.69, 9.17) is 4.42 Å². The molecule has 0 radical (unpaired) electrons. The molecule has 3 aromatic rings. The average molecular weight is 551 g/mol. The number of aromatic nitrogens is 1. The molecule has 2 aromatic carbocycles. The molecule has 0 bridgehead atoms. The minimum Gasteiger partial charge on any atom is -0.439 e. The molecule has 9 heteroatoms. The van der Waals surface area contributed by atoms with Crippen LogP contribution in [0.25, 0.3) is 11.1 Å². The Bertz CT molecular complexity index is 1400. The van der Waals surface area contributed by atoms with Gasteiger partial charge in [-0.3, -0.25) is 9.69 Å². The predicted octanol–water partition coefficient (Wildman–Crippen LogP) is 5.01. The van der Waals surface area contributed by atoms with Gasteiger partial charge in [0.05, 0.1) is 11.4 Å². The number of benzene rings is 2. The zero-order chi connectivity index (χ0) is 26.8. The number of sulfonamides is 1. The van der Waals surface area contributed by atoms with Gasteiger partial charge in [0.2, 0.25) is 15.9 Å². The van der Waals surface area contributed by atoms with Crippen molar-refractivity contribution in [1.82, 2.24) is 19.1 Å². The average Bonchev–Trinajstić information content (AvgIpc) is 3.39. The van der Waals surface area contributed by atoms with Gasteiger partial charge in [-0.05, 0) is 73.9 Å². The van der Waals surface area contributed by atoms with E-state index in [-0.39, 0.29) is 5.91 Å². The van der Waals surface area contributed by atoms with Crippen LogP contribution in [0.1, 0.15) is 79.1 Å². The fraction of sp³-hybridized carbons (Fsp3) is 0.533. The fourth-order valence-electron chi connectivity index (χ4n) is 6.27. The maximum absolute atomic E-state index is 13.3. The highest BCUT2D eigenvalue weighted by Gasteiger charge is 2.29. The van der Waals surface area contributed by atoms with Crippen molar-refractivity contribution in [3.63, 3.8) is 0 Å². The molecule has 208 valence electrons. The largest absolute Gasteiger partial charge is 0.439 e. The second-order valence-electron chi connectivity index (χ2n) is 11.2. The van der Waals surface area contributed by atoms with Crippen molar-refractivity contribution in [3.8, 4) is 0 Å². The molecule has 3 fully saturated rings. The second-order valence-corrected chi connectivity index (χ2v) is 13.2. The van der Waals surface area contributed by atoms with Gasteiger partial charge in [0.1, 0.15) is 5.52 Å². The van der Waals surface area contributed by atoms with Crippen LogP contribution in [0.15, 0.2) is 51.8 Å². The molecule has 0 spiro atoms. The summed E-state index contributed by atoms with van der Waals surface area (Å²) in [4.78, 5) is 22.0. The van der Waals surface area contributed by atoms with Crippen LogP contribution >= 0.6 is 0 Å². The summed E-state index contributed by atoms with van der Waals surface area (Å²) in [5.74, 6) is 1.21. The maximum Gasteiger partial charge on any atom is 0.253 e. The van der Waals surface area contributed by atoms with E-state index in [9.17, 15) is 13.2 Å². The quantitative estimate of drug-likeness (QED) is 0.429. The van der Waals surface area contributed by atoms with Crippen LogP contribution in [-0.4, -0.2) is 72.7 Å². The number of piperazine rings is 1. The number of carbonyl (C=O) groups is 1. The monoisotopic (exact) mass is 550 g/mol. The molecule has 1 aliphatic carbocycles. The number of nitrogens with zero attached hydrogens (tertiary/aromatic N) is 4. The zero-order valence-electron chi connectivity index (χ0n) is 22.6. The van der Waals surface area contributed by atoms with E-state index in [1.807, 2.05) is 35.2 Å². The summed E-state index contributed by atoms with van der Waals surface area (Å²) in [5.41, 5.74) is 3.26. The summed E-state index contributed by atoms with van der Waals surface area (Å²) in [6.07, 6.45) is 9.53. The zero-order valence-corrected chi connectivity index (χ0v) is 23.4. The Morgan fingerprint density at radius 3 is 2.26 bits per heavy atom. The van der Waals surface area contributed by atoms with E-state index in [1.54, 1.807) is 16.4 Å². The number of piperidine rings is 1. The van der Waals surface area contributed by atoms with Gasteiger partial charge in [-0.25, -0.2) is 13.4 Å².